The maximum Gasteiger partial charge on any atom is 0.407 e. The summed E-state index contributed by atoms with van der Waals surface area (Å²) in [5.41, 5.74) is -0.250. The molecule has 0 bridgehead atoms. The van der Waals surface area contributed by atoms with Gasteiger partial charge in [-0.25, -0.2) is 4.79 Å². The molecule has 2 aliphatic carbocycles. The van der Waals surface area contributed by atoms with Crippen LogP contribution in [0.5, 0.6) is 0 Å². The first-order valence-corrected chi connectivity index (χ1v) is 7.14. The summed E-state index contributed by atoms with van der Waals surface area (Å²) in [6.45, 7) is 5.84. The zero-order valence-corrected chi connectivity index (χ0v) is 12.1. The molecule has 0 unspecified atom stereocenters. The van der Waals surface area contributed by atoms with Crippen molar-refractivity contribution in [2.24, 2.45) is 11.3 Å². The highest BCUT2D eigenvalue weighted by molar-refractivity contribution is 5.68. The molecule has 4 nitrogen and oxygen atoms in total. The molecule has 0 heterocycles. The van der Waals surface area contributed by atoms with Crippen LogP contribution in [0.2, 0.25) is 0 Å². The summed E-state index contributed by atoms with van der Waals surface area (Å²) in [7, 11) is 0. The number of rotatable bonds is 2. The lowest BCUT2D eigenvalue weighted by Crippen LogP contribution is -2.46. The van der Waals surface area contributed by atoms with Gasteiger partial charge < -0.3 is 15.2 Å². The van der Waals surface area contributed by atoms with E-state index in [1.807, 2.05) is 20.8 Å². The van der Waals surface area contributed by atoms with Crippen molar-refractivity contribution in [3.63, 3.8) is 0 Å². The van der Waals surface area contributed by atoms with Crippen molar-refractivity contribution < 1.29 is 14.6 Å². The van der Waals surface area contributed by atoms with Crippen molar-refractivity contribution in [1.82, 2.24) is 5.32 Å². The van der Waals surface area contributed by atoms with Gasteiger partial charge in [0.1, 0.15) is 5.60 Å². The van der Waals surface area contributed by atoms with Crippen LogP contribution in [0, 0.1) is 11.3 Å². The molecule has 1 atom stereocenters. The minimum atomic E-state index is -0.446. The third-order valence-corrected chi connectivity index (χ3v) is 4.23. The van der Waals surface area contributed by atoms with Gasteiger partial charge >= 0.3 is 6.09 Å². The fourth-order valence-electron chi connectivity index (χ4n) is 3.06. The van der Waals surface area contributed by atoms with Crippen LogP contribution in [0.3, 0.4) is 0 Å². The van der Waals surface area contributed by atoms with Gasteiger partial charge in [0.2, 0.25) is 0 Å². The number of carbonyl (C=O) groups excluding carboxylic acids is 1. The number of alkyl carbamates (subject to hydrolysis) is 1. The van der Waals surface area contributed by atoms with Crippen molar-refractivity contribution in [3.8, 4) is 0 Å². The van der Waals surface area contributed by atoms with Crippen molar-refractivity contribution in [3.05, 3.63) is 12.2 Å². The summed E-state index contributed by atoms with van der Waals surface area (Å²) >= 11 is 0. The highest BCUT2D eigenvalue weighted by atomic mass is 16.6. The van der Waals surface area contributed by atoms with Gasteiger partial charge in [0, 0.05) is 12.0 Å². The fourth-order valence-corrected chi connectivity index (χ4v) is 3.06. The third-order valence-electron chi connectivity index (χ3n) is 4.23. The van der Waals surface area contributed by atoms with Crippen molar-refractivity contribution in [1.29, 1.82) is 0 Å². The fraction of sp³-hybridized carbons (Fsp3) is 0.800. The Morgan fingerprint density at radius 3 is 2.47 bits per heavy atom. The van der Waals surface area contributed by atoms with Gasteiger partial charge in [0.15, 0.2) is 0 Å². The van der Waals surface area contributed by atoms with Crippen molar-refractivity contribution in [2.45, 2.75) is 58.1 Å². The maximum atomic E-state index is 11.7. The minimum Gasteiger partial charge on any atom is -0.444 e. The summed E-state index contributed by atoms with van der Waals surface area (Å²) < 4.78 is 5.27. The second-order valence-electron chi connectivity index (χ2n) is 6.80. The standard InChI is InChI=1S/C15H25NO3/c1-14(2,3)19-13(18)16-12-5-8-15(9-6-12)7-4-11(15)10-17/h4,7,11-12,17H,5-6,8-10H2,1-3H3,(H,16,18)/t11-,12-,15-/m1/s1. The van der Waals surface area contributed by atoms with Crippen LogP contribution in [0.1, 0.15) is 46.5 Å². The predicted molar refractivity (Wildman–Crippen MR) is 73.8 cm³/mol. The molecule has 0 radical (unpaired) electrons. The first kappa shape index (κ1) is 14.4. The number of ether oxygens (including phenoxy) is 1. The molecule has 0 aromatic heterocycles. The zero-order valence-electron chi connectivity index (χ0n) is 12.1. The number of aliphatic hydroxyl groups excluding tert-OH is 1. The normalized spacial score (nSPS) is 33.9. The Morgan fingerprint density at radius 2 is 2.05 bits per heavy atom. The van der Waals surface area contributed by atoms with Crippen LogP contribution in [0.15, 0.2) is 12.2 Å². The highest BCUT2D eigenvalue weighted by Gasteiger charge is 2.43. The van der Waals surface area contributed by atoms with Crippen molar-refractivity contribution >= 4 is 6.09 Å². The first-order chi connectivity index (χ1) is 8.85. The first-order valence-electron chi connectivity index (χ1n) is 7.14. The molecule has 2 aliphatic rings. The van der Waals surface area contributed by atoms with E-state index in [0.29, 0.717) is 5.92 Å². The van der Waals surface area contributed by atoms with Gasteiger partial charge in [-0.3, -0.25) is 0 Å². The number of aliphatic hydroxyl groups is 1. The molecular formula is C15H25NO3. The highest BCUT2D eigenvalue weighted by Crippen LogP contribution is 2.50. The van der Waals surface area contributed by atoms with Gasteiger partial charge in [-0.05, 0) is 51.9 Å². The van der Waals surface area contributed by atoms with Crippen LogP contribution < -0.4 is 5.32 Å². The number of hydrogen-bond acceptors (Lipinski definition) is 3. The number of nitrogens with one attached hydrogen (secondary N) is 1. The van der Waals surface area contributed by atoms with Gasteiger partial charge in [-0.1, -0.05) is 12.2 Å². The number of allylic oxidation sites excluding steroid dienone is 1. The van der Waals surface area contributed by atoms with Crippen LogP contribution in [0.25, 0.3) is 0 Å². The Bertz CT molecular complexity index is 362. The summed E-state index contributed by atoms with van der Waals surface area (Å²) in [4.78, 5) is 11.7. The molecule has 2 rings (SSSR count). The lowest BCUT2D eigenvalue weighted by molar-refractivity contribution is 0.0436. The Balaban J connectivity index is 1.78. The van der Waals surface area contributed by atoms with E-state index in [4.69, 9.17) is 4.74 Å². The van der Waals surface area contributed by atoms with Crippen LogP contribution >= 0.6 is 0 Å². The quantitative estimate of drug-likeness (QED) is 0.756. The summed E-state index contributed by atoms with van der Waals surface area (Å²) in [6, 6.07) is 0.203. The molecule has 1 fully saturated rings. The minimum absolute atomic E-state index is 0.195. The number of carbonyl (C=O) groups is 1. The van der Waals surface area contributed by atoms with Gasteiger partial charge in [0.05, 0.1) is 6.61 Å². The molecule has 0 aliphatic heterocycles. The average Bonchev–Trinajstić information content (AvgIpc) is 2.26. The van der Waals surface area contributed by atoms with Gasteiger partial charge in [-0.15, -0.1) is 0 Å². The second kappa shape index (κ2) is 5.16. The molecule has 0 saturated heterocycles. The molecule has 1 spiro atoms. The van der Waals surface area contributed by atoms with Crippen LogP contribution in [-0.4, -0.2) is 29.4 Å². The molecule has 108 valence electrons. The molecule has 1 amide bonds. The molecular weight excluding hydrogens is 242 g/mol. The van der Waals surface area contributed by atoms with Gasteiger partial charge in [0.25, 0.3) is 0 Å². The Labute approximate surface area is 115 Å². The van der Waals surface area contributed by atoms with E-state index in [9.17, 15) is 9.90 Å². The molecule has 4 heteroatoms. The maximum absolute atomic E-state index is 11.7. The largest absolute Gasteiger partial charge is 0.444 e. The van der Waals surface area contributed by atoms with E-state index in [1.54, 1.807) is 0 Å². The van der Waals surface area contributed by atoms with Crippen LogP contribution in [-0.2, 0) is 4.74 Å². The number of hydrogen-bond donors (Lipinski definition) is 2. The smallest absolute Gasteiger partial charge is 0.407 e. The number of amides is 1. The molecule has 0 aromatic carbocycles. The predicted octanol–water partition coefficient (Wildman–Crippen LogP) is 2.62. The lowest BCUT2D eigenvalue weighted by Gasteiger charge is -2.47. The van der Waals surface area contributed by atoms with E-state index in [2.05, 4.69) is 17.5 Å². The Morgan fingerprint density at radius 1 is 1.42 bits per heavy atom. The molecule has 2 N–H and O–H groups in total. The zero-order chi connectivity index (χ0) is 14.1. The second-order valence-corrected chi connectivity index (χ2v) is 6.80. The summed E-state index contributed by atoms with van der Waals surface area (Å²) in [5.74, 6) is 0.315. The van der Waals surface area contributed by atoms with E-state index in [0.717, 1.165) is 25.7 Å². The van der Waals surface area contributed by atoms with Crippen LogP contribution in [0.4, 0.5) is 4.79 Å². The third kappa shape index (κ3) is 3.30. The Hall–Kier alpha value is -1.03. The molecule has 1 saturated carbocycles. The van der Waals surface area contributed by atoms with Gasteiger partial charge in [-0.2, -0.15) is 0 Å². The monoisotopic (exact) mass is 267 g/mol. The Kier molecular flexibility index (Phi) is 3.90. The summed E-state index contributed by atoms with van der Waals surface area (Å²) in [6.07, 6.45) is 8.00. The lowest BCUT2D eigenvalue weighted by atomic mass is 9.59. The molecule has 0 aromatic rings. The van der Waals surface area contributed by atoms with E-state index >= 15 is 0 Å². The summed E-state index contributed by atoms with van der Waals surface area (Å²) in [5, 5.41) is 12.2. The topological polar surface area (TPSA) is 58.6 Å². The van der Waals surface area contributed by atoms with E-state index in [-0.39, 0.29) is 24.2 Å². The van der Waals surface area contributed by atoms with E-state index < -0.39 is 5.60 Å². The molecule has 19 heavy (non-hydrogen) atoms. The van der Waals surface area contributed by atoms with E-state index in [1.165, 1.54) is 0 Å². The average molecular weight is 267 g/mol. The van der Waals surface area contributed by atoms with Crippen molar-refractivity contribution in [2.75, 3.05) is 6.61 Å². The SMILES string of the molecule is CC(C)(C)OC(=O)N[C@H]1CC[C@@]2(C=C[C@@H]2CO)CC1.